The Balaban J connectivity index is 2.41. The molecule has 0 radical (unpaired) electrons. The summed E-state index contributed by atoms with van der Waals surface area (Å²) in [6, 6.07) is 0.546. The zero-order valence-electron chi connectivity index (χ0n) is 5.71. The minimum Gasteiger partial charge on any atom is -0.355 e. The fraction of sp³-hybridized carbons (Fsp3) is 0.667. The molecule has 1 aliphatic heterocycles. The molecule has 0 aromatic rings. The molecule has 1 heterocycles. The average Bonchev–Trinajstić information content (AvgIpc) is 2.14. The van der Waals surface area contributed by atoms with Gasteiger partial charge in [-0.2, -0.15) is 0 Å². The Kier molecular flexibility index (Phi) is 1.86. The highest BCUT2D eigenvalue weighted by molar-refractivity contribution is 6.14. The van der Waals surface area contributed by atoms with Crippen LogP contribution in [-0.4, -0.2) is 22.0 Å². The quantitative estimate of drug-likeness (QED) is 0.519. The molecular weight excluding hydrogens is 136 g/mol. The molecule has 1 aliphatic rings. The van der Waals surface area contributed by atoms with E-state index in [0.717, 1.165) is 6.67 Å². The molecule has 0 aliphatic carbocycles. The number of halogens is 1. The maximum Gasteiger partial charge on any atom is 0.105 e. The summed E-state index contributed by atoms with van der Waals surface area (Å²) in [4.78, 5) is 2.16. The van der Waals surface area contributed by atoms with E-state index < -0.39 is 0 Å². The van der Waals surface area contributed by atoms with Crippen molar-refractivity contribution in [2.24, 2.45) is 0 Å². The van der Waals surface area contributed by atoms with Crippen LogP contribution in [-0.2, 0) is 0 Å². The molecular formula is C6H11ClN2. The van der Waals surface area contributed by atoms with E-state index in [0.29, 0.717) is 6.04 Å². The van der Waals surface area contributed by atoms with Gasteiger partial charge in [0.05, 0.1) is 0 Å². The molecule has 0 amide bonds. The number of rotatable bonds is 1. The predicted molar refractivity (Wildman–Crippen MR) is 38.7 cm³/mol. The molecule has 52 valence electrons. The second-order valence-electron chi connectivity index (χ2n) is 2.45. The van der Waals surface area contributed by atoms with Gasteiger partial charge in [-0.15, -0.1) is 0 Å². The highest BCUT2D eigenvalue weighted by Gasteiger charge is 2.11. The molecule has 3 heteroatoms. The van der Waals surface area contributed by atoms with Gasteiger partial charge in [0.1, 0.15) is 6.67 Å². The summed E-state index contributed by atoms with van der Waals surface area (Å²) < 4.78 is 1.64. The molecule has 0 fully saturated rings. The second-order valence-corrected chi connectivity index (χ2v) is 2.88. The third-order valence-electron chi connectivity index (χ3n) is 1.38. The van der Waals surface area contributed by atoms with E-state index in [-0.39, 0.29) is 0 Å². The largest absolute Gasteiger partial charge is 0.355 e. The van der Waals surface area contributed by atoms with Gasteiger partial charge in [0.15, 0.2) is 0 Å². The van der Waals surface area contributed by atoms with Crippen LogP contribution in [0.2, 0.25) is 0 Å². The first kappa shape index (κ1) is 6.75. The van der Waals surface area contributed by atoms with Crippen LogP contribution in [0.4, 0.5) is 0 Å². The summed E-state index contributed by atoms with van der Waals surface area (Å²) in [5.74, 6) is 0. The van der Waals surface area contributed by atoms with Gasteiger partial charge in [0, 0.05) is 30.2 Å². The van der Waals surface area contributed by atoms with Gasteiger partial charge in [-0.3, -0.25) is 4.42 Å². The van der Waals surface area contributed by atoms with E-state index in [9.17, 15) is 0 Å². The van der Waals surface area contributed by atoms with Gasteiger partial charge in [0.25, 0.3) is 0 Å². The van der Waals surface area contributed by atoms with Crippen molar-refractivity contribution in [2.75, 3.05) is 6.67 Å². The topological polar surface area (TPSA) is 6.48 Å². The molecule has 0 bridgehead atoms. The zero-order valence-corrected chi connectivity index (χ0v) is 6.47. The van der Waals surface area contributed by atoms with Crippen LogP contribution in [0.1, 0.15) is 13.8 Å². The maximum absolute atomic E-state index is 5.66. The predicted octanol–water partition coefficient (Wildman–Crippen LogP) is 1.59. The first-order valence-corrected chi connectivity index (χ1v) is 3.40. The van der Waals surface area contributed by atoms with E-state index in [1.165, 1.54) is 0 Å². The van der Waals surface area contributed by atoms with Crippen molar-refractivity contribution in [3.8, 4) is 0 Å². The third-order valence-corrected chi connectivity index (χ3v) is 1.60. The van der Waals surface area contributed by atoms with E-state index >= 15 is 0 Å². The van der Waals surface area contributed by atoms with Crippen LogP contribution in [0.25, 0.3) is 0 Å². The second kappa shape index (κ2) is 2.48. The monoisotopic (exact) mass is 146 g/mol. The van der Waals surface area contributed by atoms with Gasteiger partial charge in [-0.25, -0.2) is 0 Å². The first-order chi connectivity index (χ1) is 4.20. The standard InChI is InChI=1S/C6H11ClN2/c1-6(2)8-3-4-9(7)5-8/h3-4,6H,5H2,1-2H3. The third kappa shape index (κ3) is 1.52. The van der Waals surface area contributed by atoms with E-state index in [1.54, 1.807) is 4.42 Å². The fourth-order valence-electron chi connectivity index (χ4n) is 0.744. The lowest BCUT2D eigenvalue weighted by Gasteiger charge is -2.20. The molecule has 9 heavy (non-hydrogen) atoms. The van der Waals surface area contributed by atoms with Crippen molar-refractivity contribution in [2.45, 2.75) is 19.9 Å². The van der Waals surface area contributed by atoms with Crippen molar-refractivity contribution < 1.29 is 0 Å². The highest BCUT2D eigenvalue weighted by Crippen LogP contribution is 2.11. The van der Waals surface area contributed by atoms with Crippen molar-refractivity contribution >= 4 is 11.8 Å². The molecule has 1 rings (SSSR count). The molecule has 0 saturated carbocycles. The summed E-state index contributed by atoms with van der Waals surface area (Å²) >= 11 is 5.66. The normalized spacial score (nSPS) is 18.2. The lowest BCUT2D eigenvalue weighted by molar-refractivity contribution is 0.287. The van der Waals surface area contributed by atoms with Gasteiger partial charge in [-0.1, -0.05) is 0 Å². The maximum atomic E-state index is 5.66. The SMILES string of the molecule is CC(C)N1C=CN(Cl)C1. The van der Waals surface area contributed by atoms with Crippen LogP contribution in [0.3, 0.4) is 0 Å². The van der Waals surface area contributed by atoms with Gasteiger partial charge in [-0.05, 0) is 13.8 Å². The number of nitrogens with zero attached hydrogens (tertiary/aromatic N) is 2. The van der Waals surface area contributed by atoms with Crippen molar-refractivity contribution in [1.82, 2.24) is 9.32 Å². The summed E-state index contributed by atoms with van der Waals surface area (Å²) in [5, 5.41) is 0. The molecule has 2 nitrogen and oxygen atoms in total. The number of hydrogen-bond acceptors (Lipinski definition) is 2. The van der Waals surface area contributed by atoms with Crippen LogP contribution in [0, 0.1) is 0 Å². The summed E-state index contributed by atoms with van der Waals surface area (Å²) in [6.45, 7) is 5.08. The molecule has 0 N–H and O–H groups in total. The molecule has 0 spiro atoms. The molecule has 0 unspecified atom stereocenters. The van der Waals surface area contributed by atoms with Crippen LogP contribution >= 0.6 is 11.8 Å². The fourth-order valence-corrected chi connectivity index (χ4v) is 0.918. The molecule has 0 saturated heterocycles. The Bertz CT molecular complexity index is 122. The summed E-state index contributed by atoms with van der Waals surface area (Å²) in [6.07, 6.45) is 3.86. The Labute approximate surface area is 60.8 Å². The van der Waals surface area contributed by atoms with Gasteiger partial charge >= 0.3 is 0 Å². The summed E-state index contributed by atoms with van der Waals surface area (Å²) in [7, 11) is 0. The smallest absolute Gasteiger partial charge is 0.105 e. The van der Waals surface area contributed by atoms with Crippen LogP contribution in [0.5, 0.6) is 0 Å². The molecule has 0 aromatic heterocycles. The van der Waals surface area contributed by atoms with Crippen LogP contribution < -0.4 is 0 Å². The Morgan fingerprint density at radius 2 is 2.11 bits per heavy atom. The molecule has 0 aromatic carbocycles. The average molecular weight is 147 g/mol. The van der Waals surface area contributed by atoms with Crippen molar-refractivity contribution in [1.29, 1.82) is 0 Å². The van der Waals surface area contributed by atoms with Crippen molar-refractivity contribution in [3.05, 3.63) is 12.4 Å². The van der Waals surface area contributed by atoms with Crippen LogP contribution in [0.15, 0.2) is 12.4 Å². The number of hydrogen-bond donors (Lipinski definition) is 0. The van der Waals surface area contributed by atoms with E-state index in [4.69, 9.17) is 11.8 Å². The Morgan fingerprint density at radius 1 is 1.44 bits per heavy atom. The van der Waals surface area contributed by atoms with E-state index in [2.05, 4.69) is 18.7 Å². The minimum absolute atomic E-state index is 0.546. The summed E-state index contributed by atoms with van der Waals surface area (Å²) in [5.41, 5.74) is 0. The van der Waals surface area contributed by atoms with Gasteiger partial charge < -0.3 is 4.90 Å². The first-order valence-electron chi connectivity index (χ1n) is 3.06. The minimum atomic E-state index is 0.546. The Hall–Kier alpha value is -0.370. The lowest BCUT2D eigenvalue weighted by atomic mass is 10.4. The van der Waals surface area contributed by atoms with Crippen molar-refractivity contribution in [3.63, 3.8) is 0 Å². The Morgan fingerprint density at radius 3 is 2.33 bits per heavy atom. The van der Waals surface area contributed by atoms with Gasteiger partial charge in [0.2, 0.25) is 0 Å². The zero-order chi connectivity index (χ0) is 6.85. The van der Waals surface area contributed by atoms with E-state index in [1.807, 2.05) is 12.4 Å². The molecule has 0 atom stereocenters. The highest BCUT2D eigenvalue weighted by atomic mass is 35.5. The lowest BCUT2D eigenvalue weighted by Crippen LogP contribution is -2.26.